The highest BCUT2D eigenvalue weighted by Gasteiger charge is 2.05. The Labute approximate surface area is 86.8 Å². The number of carboxylic acids is 1. The van der Waals surface area contributed by atoms with E-state index in [4.69, 9.17) is 22.4 Å². The van der Waals surface area contributed by atoms with Gasteiger partial charge in [-0.25, -0.2) is 4.79 Å². The second-order valence-corrected chi connectivity index (χ2v) is 3.00. The third-order valence-corrected chi connectivity index (χ3v) is 2.03. The third kappa shape index (κ3) is 2.50. The SMILES string of the molecule is Nc1ccccc1/C=C(\CCl)C(=O)O. The number of aliphatic carboxylic acids is 1. The molecular weight excluding hydrogens is 202 g/mol. The molecule has 0 saturated carbocycles. The van der Waals surface area contributed by atoms with Crippen LogP contribution in [-0.4, -0.2) is 17.0 Å². The Kier molecular flexibility index (Phi) is 3.54. The molecular formula is C10H10ClNO2. The first-order valence-corrected chi connectivity index (χ1v) is 4.53. The van der Waals surface area contributed by atoms with Crippen LogP contribution < -0.4 is 5.73 Å². The molecule has 0 unspecified atom stereocenters. The lowest BCUT2D eigenvalue weighted by molar-refractivity contribution is -0.132. The number of hydrogen-bond acceptors (Lipinski definition) is 2. The third-order valence-electron chi connectivity index (χ3n) is 1.74. The number of para-hydroxylation sites is 1. The Hall–Kier alpha value is -1.48. The minimum absolute atomic E-state index is 0.0380. The number of halogens is 1. The van der Waals surface area contributed by atoms with Gasteiger partial charge in [0.05, 0.1) is 11.5 Å². The van der Waals surface area contributed by atoms with Crippen molar-refractivity contribution in [1.82, 2.24) is 0 Å². The topological polar surface area (TPSA) is 63.3 Å². The van der Waals surface area contributed by atoms with Crippen LogP contribution in [0.4, 0.5) is 5.69 Å². The van der Waals surface area contributed by atoms with Crippen LogP contribution in [0.1, 0.15) is 5.56 Å². The Bertz CT molecular complexity index is 374. The van der Waals surface area contributed by atoms with Gasteiger partial charge >= 0.3 is 5.97 Å². The average molecular weight is 212 g/mol. The van der Waals surface area contributed by atoms with Crippen molar-refractivity contribution in [3.05, 3.63) is 35.4 Å². The highest BCUT2D eigenvalue weighted by atomic mass is 35.5. The molecule has 0 radical (unpaired) electrons. The number of anilines is 1. The van der Waals surface area contributed by atoms with Crippen LogP contribution in [0.3, 0.4) is 0 Å². The van der Waals surface area contributed by atoms with Crippen molar-refractivity contribution in [2.45, 2.75) is 0 Å². The fourth-order valence-electron chi connectivity index (χ4n) is 0.988. The molecule has 1 rings (SSSR count). The number of carbonyl (C=O) groups is 1. The van der Waals surface area contributed by atoms with Gasteiger partial charge in [-0.05, 0) is 17.7 Å². The van der Waals surface area contributed by atoms with E-state index in [1.54, 1.807) is 24.3 Å². The molecule has 0 spiro atoms. The molecule has 0 aromatic heterocycles. The zero-order valence-electron chi connectivity index (χ0n) is 7.40. The summed E-state index contributed by atoms with van der Waals surface area (Å²) in [5, 5.41) is 8.73. The van der Waals surface area contributed by atoms with Gasteiger partial charge < -0.3 is 10.8 Å². The van der Waals surface area contributed by atoms with Crippen molar-refractivity contribution >= 4 is 29.3 Å². The fourth-order valence-corrected chi connectivity index (χ4v) is 1.18. The molecule has 0 aliphatic carbocycles. The van der Waals surface area contributed by atoms with Gasteiger partial charge in [0.25, 0.3) is 0 Å². The second-order valence-electron chi connectivity index (χ2n) is 2.74. The summed E-state index contributed by atoms with van der Waals surface area (Å²) in [6.07, 6.45) is 1.48. The van der Waals surface area contributed by atoms with Crippen LogP contribution in [0.15, 0.2) is 29.8 Å². The van der Waals surface area contributed by atoms with Gasteiger partial charge in [0.15, 0.2) is 0 Å². The van der Waals surface area contributed by atoms with Crippen molar-refractivity contribution in [1.29, 1.82) is 0 Å². The lowest BCUT2D eigenvalue weighted by Gasteiger charge is -2.00. The molecule has 0 bridgehead atoms. The standard InChI is InChI=1S/C10H10ClNO2/c11-6-8(10(13)14)5-7-3-1-2-4-9(7)12/h1-5H,6,12H2,(H,13,14)/b8-5+. The Morgan fingerprint density at radius 3 is 2.64 bits per heavy atom. The molecule has 0 aliphatic rings. The summed E-state index contributed by atoms with van der Waals surface area (Å²) in [6.45, 7) is 0. The maximum absolute atomic E-state index is 10.7. The monoisotopic (exact) mass is 211 g/mol. The van der Waals surface area contributed by atoms with E-state index in [2.05, 4.69) is 0 Å². The van der Waals surface area contributed by atoms with E-state index in [-0.39, 0.29) is 11.5 Å². The lowest BCUT2D eigenvalue weighted by atomic mass is 10.1. The number of nitrogens with two attached hydrogens (primary N) is 1. The van der Waals surface area contributed by atoms with Gasteiger partial charge in [-0.3, -0.25) is 0 Å². The molecule has 74 valence electrons. The van der Waals surface area contributed by atoms with E-state index in [9.17, 15) is 4.79 Å². The first-order valence-electron chi connectivity index (χ1n) is 3.99. The molecule has 0 amide bonds. The highest BCUT2D eigenvalue weighted by Crippen LogP contribution is 2.15. The normalized spacial score (nSPS) is 11.4. The van der Waals surface area contributed by atoms with Gasteiger partial charge in [-0.1, -0.05) is 18.2 Å². The second kappa shape index (κ2) is 4.67. The molecule has 4 heteroatoms. The van der Waals surface area contributed by atoms with Crippen molar-refractivity contribution < 1.29 is 9.90 Å². The Morgan fingerprint density at radius 2 is 2.14 bits per heavy atom. The smallest absolute Gasteiger partial charge is 0.332 e. The number of alkyl halides is 1. The van der Waals surface area contributed by atoms with Gasteiger partial charge in [-0.2, -0.15) is 0 Å². The summed E-state index contributed by atoms with van der Waals surface area (Å²) in [6, 6.07) is 7.02. The summed E-state index contributed by atoms with van der Waals surface area (Å²) < 4.78 is 0. The molecule has 0 heterocycles. The lowest BCUT2D eigenvalue weighted by Crippen LogP contribution is -2.02. The van der Waals surface area contributed by atoms with Crippen LogP contribution in [0.2, 0.25) is 0 Å². The van der Waals surface area contributed by atoms with E-state index >= 15 is 0 Å². The Balaban J connectivity index is 3.07. The van der Waals surface area contributed by atoms with E-state index < -0.39 is 5.97 Å². The molecule has 0 aliphatic heterocycles. The van der Waals surface area contributed by atoms with Gasteiger partial charge in [0.2, 0.25) is 0 Å². The highest BCUT2D eigenvalue weighted by molar-refractivity contribution is 6.22. The van der Waals surface area contributed by atoms with Gasteiger partial charge in [0.1, 0.15) is 0 Å². The largest absolute Gasteiger partial charge is 0.478 e. The maximum Gasteiger partial charge on any atom is 0.332 e. The van der Waals surface area contributed by atoms with Crippen molar-refractivity contribution in [2.24, 2.45) is 0 Å². The summed E-state index contributed by atoms with van der Waals surface area (Å²) in [5.41, 5.74) is 6.98. The first-order chi connectivity index (χ1) is 6.65. The summed E-state index contributed by atoms with van der Waals surface area (Å²) in [4.78, 5) is 10.7. The molecule has 1 aromatic rings. The molecule has 3 N–H and O–H groups in total. The maximum atomic E-state index is 10.7. The number of rotatable bonds is 3. The summed E-state index contributed by atoms with van der Waals surface area (Å²) in [5.74, 6) is -1.06. The van der Waals surface area contributed by atoms with Crippen molar-refractivity contribution in [3.63, 3.8) is 0 Å². The molecule has 14 heavy (non-hydrogen) atoms. The van der Waals surface area contributed by atoms with Gasteiger partial charge in [-0.15, -0.1) is 11.6 Å². The average Bonchev–Trinajstić information content (AvgIpc) is 2.16. The van der Waals surface area contributed by atoms with Crippen LogP contribution in [-0.2, 0) is 4.79 Å². The van der Waals surface area contributed by atoms with Crippen molar-refractivity contribution in [3.8, 4) is 0 Å². The van der Waals surface area contributed by atoms with Crippen LogP contribution in [0, 0.1) is 0 Å². The fraction of sp³-hybridized carbons (Fsp3) is 0.100. The van der Waals surface area contributed by atoms with Crippen molar-refractivity contribution in [2.75, 3.05) is 11.6 Å². The molecule has 0 atom stereocenters. The summed E-state index contributed by atoms with van der Waals surface area (Å²) in [7, 11) is 0. The quantitative estimate of drug-likeness (QED) is 0.457. The molecule has 3 nitrogen and oxygen atoms in total. The first kappa shape index (κ1) is 10.6. The number of benzene rings is 1. The zero-order chi connectivity index (χ0) is 10.6. The zero-order valence-corrected chi connectivity index (χ0v) is 8.16. The number of hydrogen-bond donors (Lipinski definition) is 2. The van der Waals surface area contributed by atoms with E-state index in [0.717, 1.165) is 0 Å². The Morgan fingerprint density at radius 1 is 1.50 bits per heavy atom. The number of carboxylic acid groups (broad SMARTS) is 1. The number of nitrogen functional groups attached to an aromatic ring is 1. The predicted octanol–water partition coefficient (Wildman–Crippen LogP) is 1.98. The van der Waals surface area contributed by atoms with E-state index in [1.165, 1.54) is 6.08 Å². The molecule has 0 saturated heterocycles. The predicted molar refractivity (Wildman–Crippen MR) is 57.2 cm³/mol. The molecule has 1 aromatic carbocycles. The minimum atomic E-state index is -1.02. The molecule has 0 fully saturated rings. The summed E-state index contributed by atoms with van der Waals surface area (Å²) >= 11 is 5.47. The van der Waals surface area contributed by atoms with E-state index in [0.29, 0.717) is 11.3 Å². The van der Waals surface area contributed by atoms with Gasteiger partial charge in [0, 0.05) is 5.69 Å². The van der Waals surface area contributed by atoms with E-state index in [1.807, 2.05) is 0 Å². The minimum Gasteiger partial charge on any atom is -0.478 e. The van der Waals surface area contributed by atoms with Crippen LogP contribution in [0.5, 0.6) is 0 Å². The van der Waals surface area contributed by atoms with Crippen LogP contribution in [0.25, 0.3) is 6.08 Å². The van der Waals surface area contributed by atoms with Crippen LogP contribution >= 0.6 is 11.6 Å².